The van der Waals surface area contributed by atoms with Crippen molar-refractivity contribution in [3.05, 3.63) is 69.7 Å². The van der Waals surface area contributed by atoms with Gasteiger partial charge in [-0.3, -0.25) is 14.4 Å². The van der Waals surface area contributed by atoms with Gasteiger partial charge in [-0.2, -0.15) is 0 Å². The van der Waals surface area contributed by atoms with Gasteiger partial charge in [0.2, 0.25) is 5.91 Å². The van der Waals surface area contributed by atoms with E-state index >= 15 is 0 Å². The molecule has 0 unspecified atom stereocenters. The van der Waals surface area contributed by atoms with Crippen LogP contribution >= 0.6 is 23.4 Å². The van der Waals surface area contributed by atoms with Gasteiger partial charge in [-0.15, -0.1) is 0 Å². The van der Waals surface area contributed by atoms with Crippen molar-refractivity contribution >= 4 is 63.1 Å². The van der Waals surface area contributed by atoms with Crippen molar-refractivity contribution in [2.24, 2.45) is 0 Å². The van der Waals surface area contributed by atoms with Crippen molar-refractivity contribution in [1.29, 1.82) is 0 Å². The molecular formula is C26H24ClN3O3S. The molecule has 0 radical (unpaired) electrons. The molecule has 8 heteroatoms. The van der Waals surface area contributed by atoms with E-state index < -0.39 is 0 Å². The average Bonchev–Trinajstić information content (AvgIpc) is 3.55. The van der Waals surface area contributed by atoms with E-state index in [9.17, 15) is 14.4 Å². The Labute approximate surface area is 207 Å². The number of rotatable bonds is 5. The van der Waals surface area contributed by atoms with Crippen molar-refractivity contribution < 1.29 is 14.4 Å². The van der Waals surface area contributed by atoms with Gasteiger partial charge in [0, 0.05) is 35.3 Å². The Bertz CT molecular complexity index is 1320. The summed E-state index contributed by atoms with van der Waals surface area (Å²) < 4.78 is 1.99. The van der Waals surface area contributed by atoms with Gasteiger partial charge in [0.15, 0.2) is 0 Å². The van der Waals surface area contributed by atoms with Crippen LogP contribution in [0, 0.1) is 0 Å². The Morgan fingerprint density at radius 1 is 1.09 bits per heavy atom. The topological polar surface area (TPSA) is 62.6 Å². The van der Waals surface area contributed by atoms with Crippen molar-refractivity contribution in [3.8, 4) is 0 Å². The predicted octanol–water partition coefficient (Wildman–Crippen LogP) is 5.72. The second-order valence-electron chi connectivity index (χ2n) is 8.46. The van der Waals surface area contributed by atoms with Crippen LogP contribution < -0.4 is 4.90 Å². The Balaban J connectivity index is 1.52. The summed E-state index contributed by atoms with van der Waals surface area (Å²) in [4.78, 5) is 42.1. The Hall–Kier alpha value is -3.03. The first-order valence-electron chi connectivity index (χ1n) is 11.4. The standard InChI is InChI=1S/C26H24ClN3O3S/c1-2-17-6-5-7-21-18(15-29(24(17)21)16-23(31)28-12-3-4-13-28)14-22-25(32)30(26(33)34-22)20-10-8-19(27)9-11-20/h5-11,14-15H,2-4,12-13,16H2,1H3/b22-14-. The zero-order valence-corrected chi connectivity index (χ0v) is 20.4. The normalized spacial score (nSPS) is 17.5. The number of amides is 3. The number of aryl methyl sites for hydroxylation is 1. The van der Waals surface area contributed by atoms with Crippen molar-refractivity contribution in [2.45, 2.75) is 32.7 Å². The van der Waals surface area contributed by atoms with E-state index in [0.717, 1.165) is 66.1 Å². The molecule has 0 atom stereocenters. The number of aromatic nitrogens is 1. The van der Waals surface area contributed by atoms with Crippen LogP contribution in [0.25, 0.3) is 17.0 Å². The smallest absolute Gasteiger partial charge is 0.298 e. The van der Waals surface area contributed by atoms with Crippen LogP contribution in [0.2, 0.25) is 5.02 Å². The number of para-hydroxylation sites is 1. The average molecular weight is 494 g/mol. The SMILES string of the molecule is CCc1cccc2c(/C=C3\SC(=O)N(c4ccc(Cl)cc4)C3=O)cn(CC(=O)N3CCCC3)c12. The summed E-state index contributed by atoms with van der Waals surface area (Å²) in [5.41, 5.74) is 3.45. The van der Waals surface area contributed by atoms with Crippen LogP contribution in [0.15, 0.2) is 53.6 Å². The molecule has 2 fully saturated rings. The summed E-state index contributed by atoms with van der Waals surface area (Å²) in [6.45, 7) is 3.96. The highest BCUT2D eigenvalue weighted by molar-refractivity contribution is 8.19. The number of benzene rings is 2. The Morgan fingerprint density at radius 3 is 2.53 bits per heavy atom. The minimum atomic E-state index is -0.363. The maximum atomic E-state index is 13.1. The molecule has 2 saturated heterocycles. The van der Waals surface area contributed by atoms with Gasteiger partial charge in [-0.05, 0) is 66.9 Å². The summed E-state index contributed by atoms with van der Waals surface area (Å²) in [6.07, 6.45) is 6.61. The number of carbonyl (C=O) groups excluding carboxylic acids is 3. The fourth-order valence-electron chi connectivity index (χ4n) is 4.62. The van der Waals surface area contributed by atoms with Crippen molar-refractivity contribution in [3.63, 3.8) is 0 Å². The third kappa shape index (κ3) is 4.14. The summed E-state index contributed by atoms with van der Waals surface area (Å²) in [5.74, 6) is -0.257. The highest BCUT2D eigenvalue weighted by atomic mass is 35.5. The fraction of sp³-hybridized carbons (Fsp3) is 0.269. The van der Waals surface area contributed by atoms with Crippen molar-refractivity contribution in [1.82, 2.24) is 9.47 Å². The van der Waals surface area contributed by atoms with E-state index in [1.165, 1.54) is 4.90 Å². The summed E-state index contributed by atoms with van der Waals surface area (Å²) in [7, 11) is 0. The van der Waals surface area contributed by atoms with E-state index in [1.54, 1.807) is 30.3 Å². The molecule has 0 aliphatic carbocycles. The molecule has 5 rings (SSSR count). The van der Waals surface area contributed by atoms with Gasteiger partial charge < -0.3 is 9.47 Å². The van der Waals surface area contributed by atoms with Crippen LogP contribution in [-0.4, -0.2) is 39.6 Å². The predicted molar refractivity (Wildman–Crippen MR) is 137 cm³/mol. The monoisotopic (exact) mass is 493 g/mol. The number of nitrogens with zero attached hydrogens (tertiary/aromatic N) is 3. The van der Waals surface area contributed by atoms with Gasteiger partial charge in [0.25, 0.3) is 11.1 Å². The lowest BCUT2D eigenvalue weighted by Crippen LogP contribution is -2.30. The first kappa shape index (κ1) is 22.7. The first-order valence-corrected chi connectivity index (χ1v) is 12.6. The molecule has 0 saturated carbocycles. The molecule has 3 heterocycles. The number of imide groups is 1. The lowest BCUT2D eigenvalue weighted by molar-refractivity contribution is -0.130. The quantitative estimate of drug-likeness (QED) is 0.426. The Morgan fingerprint density at radius 2 is 1.82 bits per heavy atom. The van der Waals surface area contributed by atoms with Crippen LogP contribution in [-0.2, 0) is 22.6 Å². The van der Waals surface area contributed by atoms with E-state index in [4.69, 9.17) is 11.6 Å². The van der Waals surface area contributed by atoms with E-state index in [-0.39, 0.29) is 23.6 Å². The largest absolute Gasteiger partial charge is 0.341 e. The maximum absolute atomic E-state index is 13.1. The lowest BCUT2D eigenvalue weighted by Gasteiger charge is -2.16. The molecule has 0 N–H and O–H groups in total. The highest BCUT2D eigenvalue weighted by Crippen LogP contribution is 2.37. The molecule has 3 aromatic rings. The third-order valence-electron chi connectivity index (χ3n) is 6.32. The number of fused-ring (bicyclic) bond motifs is 1. The summed E-state index contributed by atoms with van der Waals surface area (Å²) >= 11 is 6.87. The van der Waals surface area contributed by atoms with E-state index in [1.807, 2.05) is 27.8 Å². The number of anilines is 1. The molecule has 174 valence electrons. The molecule has 1 aromatic heterocycles. The summed E-state index contributed by atoms with van der Waals surface area (Å²) in [5, 5.41) is 1.15. The second kappa shape index (κ2) is 9.31. The maximum Gasteiger partial charge on any atom is 0.298 e. The van der Waals surface area contributed by atoms with Crippen molar-refractivity contribution in [2.75, 3.05) is 18.0 Å². The van der Waals surface area contributed by atoms with Gasteiger partial charge in [-0.1, -0.05) is 36.7 Å². The fourth-order valence-corrected chi connectivity index (χ4v) is 5.58. The zero-order valence-electron chi connectivity index (χ0n) is 18.8. The number of hydrogen-bond acceptors (Lipinski definition) is 4. The number of thioether (sulfide) groups is 1. The number of hydrogen-bond donors (Lipinski definition) is 0. The lowest BCUT2D eigenvalue weighted by atomic mass is 10.1. The number of likely N-dealkylation sites (tertiary alicyclic amines) is 1. The molecule has 6 nitrogen and oxygen atoms in total. The van der Waals surface area contributed by atoms with Gasteiger partial charge >= 0.3 is 0 Å². The highest BCUT2D eigenvalue weighted by Gasteiger charge is 2.36. The molecule has 2 aromatic carbocycles. The van der Waals surface area contributed by atoms with Crippen LogP contribution in [0.5, 0.6) is 0 Å². The molecule has 0 bridgehead atoms. The van der Waals surface area contributed by atoms with Gasteiger partial charge in [-0.25, -0.2) is 4.90 Å². The second-order valence-corrected chi connectivity index (χ2v) is 9.89. The van der Waals surface area contributed by atoms with Crippen LogP contribution in [0.3, 0.4) is 0 Å². The van der Waals surface area contributed by atoms with Gasteiger partial charge in [0.1, 0.15) is 6.54 Å². The Kier molecular flexibility index (Phi) is 6.23. The van der Waals surface area contributed by atoms with Crippen LogP contribution in [0.4, 0.5) is 10.5 Å². The van der Waals surface area contributed by atoms with E-state index in [2.05, 4.69) is 13.0 Å². The molecule has 2 aliphatic heterocycles. The zero-order chi connectivity index (χ0) is 23.8. The molecule has 3 amide bonds. The van der Waals surface area contributed by atoms with E-state index in [0.29, 0.717) is 15.6 Å². The van der Waals surface area contributed by atoms with Gasteiger partial charge in [0.05, 0.1) is 16.1 Å². The minimum absolute atomic E-state index is 0.106. The number of halogens is 1. The molecule has 2 aliphatic rings. The molecule has 34 heavy (non-hydrogen) atoms. The molecule has 0 spiro atoms. The van der Waals surface area contributed by atoms with Crippen LogP contribution in [0.1, 0.15) is 30.9 Å². The minimum Gasteiger partial charge on any atom is -0.341 e. The summed E-state index contributed by atoms with van der Waals surface area (Å²) in [6, 6.07) is 12.7. The molecular weight excluding hydrogens is 470 g/mol. The number of carbonyl (C=O) groups is 3. The first-order chi connectivity index (χ1) is 16.5. The third-order valence-corrected chi connectivity index (χ3v) is 7.44.